The monoisotopic (exact) mass is 773 g/mol. The largest absolute Gasteiger partial charge is 0.453 e. The molecule has 0 atom stereocenters. The summed E-state index contributed by atoms with van der Waals surface area (Å²) in [4.78, 5) is 41.6. The molecule has 1 aliphatic rings. The van der Waals surface area contributed by atoms with Crippen LogP contribution in [0.4, 0.5) is 17.1 Å². The van der Waals surface area contributed by atoms with Crippen LogP contribution in [-0.4, -0.2) is 39.9 Å². The smallest absolute Gasteiger partial charge is 0.161 e. The second-order valence-electron chi connectivity index (χ2n) is 14.1. The molecule has 60 heavy (non-hydrogen) atoms. The molecule has 10 nitrogen and oxygen atoms in total. The third-order valence-electron chi connectivity index (χ3n) is 10.3. The standard InChI is InChI=1S/C50H31N9O/c1-3-19-47-45(17-1)59(46-18-2-4-20-48(46)60-47)34-22-21-32-27-33(49-55-41(37-13-5-9-23-51-37)30-42(56-49)38-14-6-10-24-52-38)28-36(35(32)29-34)50-57-43(39-15-7-11-25-53-39)31-44(58-50)40-16-8-12-26-54-40/h1-31H. The molecular formula is C50H31N9O. The lowest BCUT2D eigenvalue weighted by atomic mass is 9.97. The van der Waals surface area contributed by atoms with Crippen molar-refractivity contribution in [3.63, 3.8) is 0 Å². The van der Waals surface area contributed by atoms with E-state index >= 15 is 0 Å². The number of hydrogen-bond donors (Lipinski definition) is 0. The molecule has 282 valence electrons. The van der Waals surface area contributed by atoms with Crippen molar-refractivity contribution in [2.45, 2.75) is 0 Å². The van der Waals surface area contributed by atoms with Crippen LogP contribution in [0, 0.1) is 0 Å². The fourth-order valence-corrected chi connectivity index (χ4v) is 7.51. The highest BCUT2D eigenvalue weighted by Crippen LogP contribution is 2.51. The molecule has 0 saturated heterocycles. The number of aromatic nitrogens is 8. The first kappa shape index (κ1) is 34.7. The molecule has 10 heteroatoms. The molecule has 4 aromatic carbocycles. The van der Waals surface area contributed by atoms with Gasteiger partial charge in [-0.1, -0.05) is 54.6 Å². The lowest BCUT2D eigenvalue weighted by Gasteiger charge is -2.33. The molecule has 0 spiro atoms. The molecule has 6 aromatic heterocycles. The van der Waals surface area contributed by atoms with Crippen LogP contribution in [-0.2, 0) is 0 Å². The van der Waals surface area contributed by atoms with Crippen molar-refractivity contribution in [3.05, 3.63) is 189 Å². The second-order valence-corrected chi connectivity index (χ2v) is 14.1. The van der Waals surface area contributed by atoms with Gasteiger partial charge in [-0.05, 0) is 120 Å². The first-order valence-electron chi connectivity index (χ1n) is 19.4. The number of fused-ring (bicyclic) bond motifs is 3. The summed E-state index contributed by atoms with van der Waals surface area (Å²) >= 11 is 0. The first-order valence-corrected chi connectivity index (χ1v) is 19.4. The highest BCUT2D eigenvalue weighted by Gasteiger charge is 2.26. The zero-order valence-electron chi connectivity index (χ0n) is 31.8. The first-order chi connectivity index (χ1) is 29.7. The van der Waals surface area contributed by atoms with Crippen LogP contribution in [0.3, 0.4) is 0 Å². The van der Waals surface area contributed by atoms with Crippen molar-refractivity contribution >= 4 is 27.8 Å². The van der Waals surface area contributed by atoms with Crippen LogP contribution >= 0.6 is 0 Å². The SMILES string of the molecule is c1ccc(-c2cc(-c3ccccn3)nc(-c3cc(-c4nc(-c5ccccn5)cc(-c5ccccn5)n4)c4cc(N5c6ccccc6Oc6ccccc65)ccc4c3)n2)nc1. The van der Waals surface area contributed by atoms with E-state index in [1.807, 2.05) is 121 Å². The van der Waals surface area contributed by atoms with Crippen LogP contribution in [0.15, 0.2) is 189 Å². The number of anilines is 3. The third kappa shape index (κ3) is 6.44. The summed E-state index contributed by atoms with van der Waals surface area (Å²) in [5, 5.41) is 1.87. The number of benzene rings is 4. The van der Waals surface area contributed by atoms with Gasteiger partial charge in [0.05, 0.1) is 56.9 Å². The Balaban J connectivity index is 1.18. The van der Waals surface area contributed by atoms with Gasteiger partial charge in [0.2, 0.25) is 0 Å². The maximum atomic E-state index is 6.37. The summed E-state index contributed by atoms with van der Waals surface area (Å²) in [5.41, 5.74) is 9.91. The van der Waals surface area contributed by atoms with Crippen LogP contribution in [0.2, 0.25) is 0 Å². The summed E-state index contributed by atoms with van der Waals surface area (Å²) in [6.07, 6.45) is 7.06. The summed E-state index contributed by atoms with van der Waals surface area (Å²) < 4.78 is 6.37. The van der Waals surface area contributed by atoms with Gasteiger partial charge in [-0.15, -0.1) is 0 Å². The van der Waals surface area contributed by atoms with E-state index in [2.05, 4.69) is 67.3 Å². The van der Waals surface area contributed by atoms with Crippen molar-refractivity contribution in [1.29, 1.82) is 0 Å². The number of nitrogens with zero attached hydrogens (tertiary/aromatic N) is 9. The summed E-state index contributed by atoms with van der Waals surface area (Å²) in [7, 11) is 0. The molecule has 0 N–H and O–H groups in total. The van der Waals surface area contributed by atoms with Gasteiger partial charge >= 0.3 is 0 Å². The second kappa shape index (κ2) is 14.8. The van der Waals surface area contributed by atoms with E-state index in [1.54, 1.807) is 24.8 Å². The molecule has 0 radical (unpaired) electrons. The normalized spacial score (nSPS) is 11.8. The van der Waals surface area contributed by atoms with E-state index in [0.717, 1.165) is 61.8 Å². The fraction of sp³-hybridized carbons (Fsp3) is 0. The molecular weight excluding hydrogens is 743 g/mol. The van der Waals surface area contributed by atoms with Gasteiger partial charge in [0, 0.05) is 41.6 Å². The Kier molecular flexibility index (Phi) is 8.55. The van der Waals surface area contributed by atoms with Gasteiger partial charge in [-0.25, -0.2) is 19.9 Å². The predicted octanol–water partition coefficient (Wildman–Crippen LogP) is 11.6. The molecule has 0 bridgehead atoms. The lowest BCUT2D eigenvalue weighted by molar-refractivity contribution is 0.477. The third-order valence-corrected chi connectivity index (χ3v) is 10.3. The zero-order valence-corrected chi connectivity index (χ0v) is 31.8. The maximum Gasteiger partial charge on any atom is 0.161 e. The molecule has 0 amide bonds. The molecule has 11 rings (SSSR count). The van der Waals surface area contributed by atoms with E-state index in [9.17, 15) is 0 Å². The average Bonchev–Trinajstić information content (AvgIpc) is 3.33. The maximum absolute atomic E-state index is 6.37. The van der Waals surface area contributed by atoms with Gasteiger partial charge < -0.3 is 9.64 Å². The Morgan fingerprint density at radius 3 is 1.28 bits per heavy atom. The number of hydrogen-bond acceptors (Lipinski definition) is 10. The predicted molar refractivity (Wildman–Crippen MR) is 234 cm³/mol. The zero-order chi connectivity index (χ0) is 39.8. The van der Waals surface area contributed by atoms with Gasteiger partial charge in [0.25, 0.3) is 0 Å². The van der Waals surface area contributed by atoms with E-state index in [1.165, 1.54) is 0 Å². The molecule has 0 saturated carbocycles. The summed E-state index contributed by atoms with van der Waals surface area (Å²) in [6, 6.07) is 53.8. The van der Waals surface area contributed by atoms with Crippen LogP contribution in [0.5, 0.6) is 11.5 Å². The number of pyridine rings is 4. The van der Waals surface area contributed by atoms with E-state index < -0.39 is 0 Å². The number of ether oxygens (including phenoxy) is 1. The van der Waals surface area contributed by atoms with Crippen molar-refractivity contribution < 1.29 is 4.74 Å². The Morgan fingerprint density at radius 1 is 0.367 bits per heavy atom. The van der Waals surface area contributed by atoms with Gasteiger partial charge in [-0.2, -0.15) is 0 Å². The van der Waals surface area contributed by atoms with E-state index in [-0.39, 0.29) is 0 Å². The Bertz CT molecular complexity index is 3030. The fourth-order valence-electron chi connectivity index (χ4n) is 7.51. The van der Waals surface area contributed by atoms with Gasteiger partial charge in [0.1, 0.15) is 0 Å². The minimum atomic E-state index is 0.497. The van der Waals surface area contributed by atoms with Gasteiger partial charge in [-0.3, -0.25) is 19.9 Å². The van der Waals surface area contributed by atoms with E-state index in [0.29, 0.717) is 45.8 Å². The lowest BCUT2D eigenvalue weighted by Crippen LogP contribution is -2.15. The van der Waals surface area contributed by atoms with Crippen LogP contribution < -0.4 is 9.64 Å². The highest BCUT2D eigenvalue weighted by molar-refractivity contribution is 6.02. The molecule has 0 unspecified atom stereocenters. The Hall–Kier alpha value is -8.50. The highest BCUT2D eigenvalue weighted by atomic mass is 16.5. The molecule has 1 aliphatic heterocycles. The van der Waals surface area contributed by atoms with Gasteiger partial charge in [0.15, 0.2) is 23.1 Å². The number of para-hydroxylation sites is 4. The summed E-state index contributed by atoms with van der Waals surface area (Å²) in [6.45, 7) is 0. The van der Waals surface area contributed by atoms with E-state index in [4.69, 9.17) is 24.7 Å². The molecule has 0 fully saturated rings. The van der Waals surface area contributed by atoms with Crippen molar-refractivity contribution in [1.82, 2.24) is 39.9 Å². The van der Waals surface area contributed by atoms with Crippen molar-refractivity contribution in [2.75, 3.05) is 4.90 Å². The molecule has 7 heterocycles. The van der Waals surface area contributed by atoms with Crippen molar-refractivity contribution in [3.8, 4) is 79.8 Å². The van der Waals surface area contributed by atoms with Crippen LogP contribution in [0.25, 0.3) is 79.1 Å². The topological polar surface area (TPSA) is 116 Å². The minimum Gasteiger partial charge on any atom is -0.453 e. The molecule has 0 aliphatic carbocycles. The Morgan fingerprint density at radius 2 is 0.817 bits per heavy atom. The Labute approximate surface area is 344 Å². The van der Waals surface area contributed by atoms with Crippen LogP contribution in [0.1, 0.15) is 0 Å². The van der Waals surface area contributed by atoms with Crippen molar-refractivity contribution in [2.24, 2.45) is 0 Å². The number of rotatable bonds is 7. The average molecular weight is 774 g/mol. The quantitative estimate of drug-likeness (QED) is 0.155. The molecule has 10 aromatic rings. The minimum absolute atomic E-state index is 0.497. The summed E-state index contributed by atoms with van der Waals surface area (Å²) in [5.74, 6) is 2.54.